The molecule has 1 aromatic carbocycles. The Balaban J connectivity index is 1.92. The molecule has 1 aliphatic heterocycles. The van der Waals surface area contributed by atoms with Crippen LogP contribution in [0.5, 0.6) is 5.75 Å². The zero-order chi connectivity index (χ0) is 9.80. The molecular weight excluding hydrogens is 174 g/mol. The standard InChI is InChI=1S/C12H17NO/c1-11-5-7-12(8-6-11)14-13-9-3-2-4-10-13/h5-8H,2-4,9-10H2,1H3. The van der Waals surface area contributed by atoms with E-state index in [0.29, 0.717) is 0 Å². The Bertz CT molecular complexity index is 275. The molecule has 0 atom stereocenters. The van der Waals surface area contributed by atoms with E-state index in [1.165, 1.54) is 24.8 Å². The minimum absolute atomic E-state index is 0.956. The zero-order valence-corrected chi connectivity index (χ0v) is 8.70. The lowest BCUT2D eigenvalue weighted by Crippen LogP contribution is -2.32. The van der Waals surface area contributed by atoms with Gasteiger partial charge in [-0.05, 0) is 31.9 Å². The van der Waals surface area contributed by atoms with Gasteiger partial charge in [0.1, 0.15) is 5.75 Å². The van der Waals surface area contributed by atoms with Crippen LogP contribution in [0.15, 0.2) is 24.3 Å². The average Bonchev–Trinajstić information content (AvgIpc) is 2.23. The highest BCUT2D eigenvalue weighted by atomic mass is 16.7. The Labute approximate surface area is 85.4 Å². The summed E-state index contributed by atoms with van der Waals surface area (Å²) in [5.74, 6) is 0.956. The van der Waals surface area contributed by atoms with E-state index in [1.807, 2.05) is 12.1 Å². The van der Waals surface area contributed by atoms with Crippen LogP contribution in [0.25, 0.3) is 0 Å². The summed E-state index contributed by atoms with van der Waals surface area (Å²) in [5, 5.41) is 2.06. The summed E-state index contributed by atoms with van der Waals surface area (Å²) in [6.45, 7) is 4.21. The Morgan fingerprint density at radius 3 is 2.29 bits per heavy atom. The van der Waals surface area contributed by atoms with Crippen LogP contribution in [0.1, 0.15) is 24.8 Å². The molecule has 0 aromatic heterocycles. The van der Waals surface area contributed by atoms with Crippen LogP contribution in [0.4, 0.5) is 0 Å². The van der Waals surface area contributed by atoms with Gasteiger partial charge in [0.2, 0.25) is 0 Å². The van der Waals surface area contributed by atoms with Gasteiger partial charge in [0.25, 0.3) is 0 Å². The van der Waals surface area contributed by atoms with Gasteiger partial charge in [0.15, 0.2) is 0 Å². The van der Waals surface area contributed by atoms with Crippen LogP contribution in [-0.4, -0.2) is 18.2 Å². The van der Waals surface area contributed by atoms with Crippen LogP contribution >= 0.6 is 0 Å². The second-order valence-electron chi connectivity index (χ2n) is 3.89. The van der Waals surface area contributed by atoms with Gasteiger partial charge < -0.3 is 4.84 Å². The van der Waals surface area contributed by atoms with E-state index in [-0.39, 0.29) is 0 Å². The molecule has 1 fully saturated rings. The maximum Gasteiger partial charge on any atom is 0.147 e. The lowest BCUT2D eigenvalue weighted by molar-refractivity contribution is -0.0720. The van der Waals surface area contributed by atoms with Crippen molar-refractivity contribution in [3.8, 4) is 5.75 Å². The van der Waals surface area contributed by atoms with Crippen molar-refractivity contribution in [2.75, 3.05) is 13.1 Å². The topological polar surface area (TPSA) is 12.5 Å². The summed E-state index contributed by atoms with van der Waals surface area (Å²) in [5.41, 5.74) is 1.27. The lowest BCUT2D eigenvalue weighted by atomic mass is 10.2. The van der Waals surface area contributed by atoms with E-state index < -0.39 is 0 Å². The molecule has 0 radical (unpaired) electrons. The highest BCUT2D eigenvalue weighted by molar-refractivity contribution is 5.25. The van der Waals surface area contributed by atoms with Gasteiger partial charge in [-0.1, -0.05) is 24.1 Å². The molecule has 0 aliphatic carbocycles. The Morgan fingerprint density at radius 1 is 1.00 bits per heavy atom. The van der Waals surface area contributed by atoms with Crippen LogP contribution in [0.2, 0.25) is 0 Å². The van der Waals surface area contributed by atoms with Crippen LogP contribution in [-0.2, 0) is 0 Å². The number of aryl methyl sites for hydroxylation is 1. The molecule has 1 saturated heterocycles. The number of hydrogen-bond donors (Lipinski definition) is 0. The third-order valence-electron chi connectivity index (χ3n) is 2.57. The summed E-state index contributed by atoms with van der Waals surface area (Å²) in [7, 11) is 0. The van der Waals surface area contributed by atoms with E-state index in [9.17, 15) is 0 Å². The van der Waals surface area contributed by atoms with Crippen molar-refractivity contribution in [3.05, 3.63) is 29.8 Å². The molecule has 0 bridgehead atoms. The molecule has 1 aliphatic rings. The lowest BCUT2D eigenvalue weighted by Gasteiger charge is -2.25. The first kappa shape index (κ1) is 9.53. The normalized spacial score (nSPS) is 18.1. The zero-order valence-electron chi connectivity index (χ0n) is 8.70. The van der Waals surface area contributed by atoms with Crippen LogP contribution < -0.4 is 4.84 Å². The predicted octanol–water partition coefficient (Wildman–Crippen LogP) is 2.77. The molecule has 1 aromatic rings. The Morgan fingerprint density at radius 2 is 1.64 bits per heavy atom. The summed E-state index contributed by atoms with van der Waals surface area (Å²) in [6.07, 6.45) is 3.85. The van der Waals surface area contributed by atoms with Crippen molar-refractivity contribution in [2.24, 2.45) is 0 Å². The second-order valence-corrected chi connectivity index (χ2v) is 3.89. The molecule has 2 nitrogen and oxygen atoms in total. The quantitative estimate of drug-likeness (QED) is 0.712. The first-order chi connectivity index (χ1) is 6.84. The molecule has 0 saturated carbocycles. The summed E-state index contributed by atoms with van der Waals surface area (Å²) < 4.78 is 0. The summed E-state index contributed by atoms with van der Waals surface area (Å²) >= 11 is 0. The number of piperidine rings is 1. The minimum atomic E-state index is 0.956. The number of hydrogen-bond acceptors (Lipinski definition) is 2. The SMILES string of the molecule is Cc1ccc(ON2CCCCC2)cc1. The molecule has 0 amide bonds. The predicted molar refractivity (Wildman–Crippen MR) is 57.2 cm³/mol. The maximum atomic E-state index is 5.74. The number of rotatable bonds is 2. The van der Waals surface area contributed by atoms with Crippen molar-refractivity contribution in [3.63, 3.8) is 0 Å². The second kappa shape index (κ2) is 4.47. The smallest absolute Gasteiger partial charge is 0.147 e. The monoisotopic (exact) mass is 191 g/mol. The van der Waals surface area contributed by atoms with E-state index in [0.717, 1.165) is 18.8 Å². The van der Waals surface area contributed by atoms with Gasteiger partial charge in [-0.2, -0.15) is 0 Å². The van der Waals surface area contributed by atoms with Gasteiger partial charge in [0.05, 0.1) is 0 Å². The van der Waals surface area contributed by atoms with Gasteiger partial charge in [-0.3, -0.25) is 0 Å². The van der Waals surface area contributed by atoms with Crippen LogP contribution in [0.3, 0.4) is 0 Å². The van der Waals surface area contributed by atoms with Crippen LogP contribution in [0, 0.1) is 6.92 Å². The van der Waals surface area contributed by atoms with E-state index in [1.54, 1.807) is 0 Å². The molecule has 1 heterocycles. The van der Waals surface area contributed by atoms with Gasteiger partial charge in [-0.25, -0.2) is 0 Å². The fourth-order valence-electron chi connectivity index (χ4n) is 1.70. The fraction of sp³-hybridized carbons (Fsp3) is 0.500. The molecule has 14 heavy (non-hydrogen) atoms. The van der Waals surface area contributed by atoms with E-state index in [2.05, 4.69) is 24.1 Å². The Hall–Kier alpha value is -1.02. The molecule has 76 valence electrons. The molecule has 2 rings (SSSR count). The highest BCUT2D eigenvalue weighted by Gasteiger charge is 2.10. The largest absolute Gasteiger partial charge is 0.406 e. The van der Waals surface area contributed by atoms with Crippen molar-refractivity contribution in [1.82, 2.24) is 5.06 Å². The number of benzene rings is 1. The highest BCUT2D eigenvalue weighted by Crippen LogP contribution is 2.16. The average molecular weight is 191 g/mol. The maximum absolute atomic E-state index is 5.74. The first-order valence-electron chi connectivity index (χ1n) is 5.34. The van der Waals surface area contributed by atoms with Crippen molar-refractivity contribution in [2.45, 2.75) is 26.2 Å². The molecule has 0 spiro atoms. The minimum Gasteiger partial charge on any atom is -0.406 e. The van der Waals surface area contributed by atoms with Gasteiger partial charge in [-0.15, -0.1) is 5.06 Å². The van der Waals surface area contributed by atoms with Crippen molar-refractivity contribution in [1.29, 1.82) is 0 Å². The molecule has 2 heteroatoms. The Kier molecular flexibility index (Phi) is 3.04. The number of nitrogens with zero attached hydrogens (tertiary/aromatic N) is 1. The van der Waals surface area contributed by atoms with Gasteiger partial charge in [0, 0.05) is 13.1 Å². The van der Waals surface area contributed by atoms with E-state index in [4.69, 9.17) is 4.84 Å². The summed E-state index contributed by atoms with van der Waals surface area (Å²) in [6, 6.07) is 8.23. The summed E-state index contributed by atoms with van der Waals surface area (Å²) in [4.78, 5) is 5.74. The van der Waals surface area contributed by atoms with E-state index >= 15 is 0 Å². The van der Waals surface area contributed by atoms with Crippen molar-refractivity contribution < 1.29 is 4.84 Å². The van der Waals surface area contributed by atoms with Gasteiger partial charge >= 0.3 is 0 Å². The molecule has 0 N–H and O–H groups in total. The number of hydroxylamine groups is 2. The first-order valence-corrected chi connectivity index (χ1v) is 5.34. The third kappa shape index (κ3) is 2.48. The molecular formula is C12H17NO. The van der Waals surface area contributed by atoms with Crippen molar-refractivity contribution >= 4 is 0 Å². The third-order valence-corrected chi connectivity index (χ3v) is 2.57. The molecule has 0 unspecified atom stereocenters. The fourth-order valence-corrected chi connectivity index (χ4v) is 1.70.